The molecule has 7 heteroatoms. The van der Waals surface area contributed by atoms with Gasteiger partial charge in [0, 0.05) is 18.4 Å². The molecule has 2 aliphatic heterocycles. The van der Waals surface area contributed by atoms with E-state index >= 15 is 0 Å². The molecule has 1 N–H and O–H groups in total. The minimum Gasteiger partial charge on any atom is -0.444 e. The largest absolute Gasteiger partial charge is 0.444 e. The van der Waals surface area contributed by atoms with E-state index in [1.54, 1.807) is 37.8 Å². The number of rotatable bonds is 2. The van der Waals surface area contributed by atoms with Crippen LogP contribution in [0.25, 0.3) is 0 Å². The predicted molar refractivity (Wildman–Crippen MR) is 91.0 cm³/mol. The fourth-order valence-electron chi connectivity index (χ4n) is 3.92. The summed E-state index contributed by atoms with van der Waals surface area (Å²) in [4.78, 5) is 14.2. The third-order valence-corrected chi connectivity index (χ3v) is 4.86. The summed E-state index contributed by atoms with van der Waals surface area (Å²) in [6.07, 6.45) is -2.87. The highest BCUT2D eigenvalue weighted by Gasteiger charge is 2.50. The number of halogens is 2. The molecule has 0 radical (unpaired) electrons. The molecular weight excluding hydrogens is 344 g/mol. The molecule has 1 amide bonds. The normalized spacial score (nSPS) is 29.0. The number of fused-ring (bicyclic) bond motifs is 2. The smallest absolute Gasteiger partial charge is 0.410 e. The minimum absolute atomic E-state index is 0.131. The van der Waals surface area contributed by atoms with Crippen molar-refractivity contribution in [3.8, 4) is 0 Å². The van der Waals surface area contributed by atoms with E-state index in [0.717, 1.165) is 0 Å². The molecular formula is C19H25F2NO4. The van der Waals surface area contributed by atoms with Crippen molar-refractivity contribution < 1.29 is 28.2 Å². The van der Waals surface area contributed by atoms with Crippen LogP contribution in [0, 0.1) is 0 Å². The number of nitrogens with zero attached hydrogens (tertiary/aromatic N) is 1. The van der Waals surface area contributed by atoms with Crippen LogP contribution in [0.5, 0.6) is 0 Å². The first-order valence-electron chi connectivity index (χ1n) is 8.80. The molecule has 1 aromatic rings. The van der Waals surface area contributed by atoms with E-state index in [0.29, 0.717) is 0 Å². The first-order chi connectivity index (χ1) is 12.1. The lowest BCUT2D eigenvalue weighted by Crippen LogP contribution is -2.63. The molecule has 0 aromatic heterocycles. The fraction of sp³-hybridized carbons (Fsp3) is 0.632. The van der Waals surface area contributed by atoms with Gasteiger partial charge < -0.3 is 14.6 Å². The number of alkyl halides is 2. The van der Waals surface area contributed by atoms with Gasteiger partial charge in [-0.1, -0.05) is 24.3 Å². The maximum absolute atomic E-state index is 13.4. The van der Waals surface area contributed by atoms with E-state index in [9.17, 15) is 18.7 Å². The zero-order chi connectivity index (χ0) is 19.1. The number of hydrogen-bond donors (Lipinski definition) is 1. The Kier molecular flexibility index (Phi) is 4.96. The van der Waals surface area contributed by atoms with E-state index < -0.39 is 35.8 Å². The van der Waals surface area contributed by atoms with Crippen LogP contribution in [-0.4, -0.2) is 47.0 Å². The summed E-state index contributed by atoms with van der Waals surface area (Å²) in [5.41, 5.74) is -2.00. The second-order valence-electron chi connectivity index (χ2n) is 8.06. The number of amides is 1. The van der Waals surface area contributed by atoms with Gasteiger partial charge in [-0.15, -0.1) is 0 Å². The van der Waals surface area contributed by atoms with Crippen molar-refractivity contribution in [1.29, 1.82) is 0 Å². The number of aliphatic hydroxyl groups is 1. The van der Waals surface area contributed by atoms with Crippen LogP contribution in [0.1, 0.15) is 51.2 Å². The first-order valence-corrected chi connectivity index (χ1v) is 8.80. The van der Waals surface area contributed by atoms with E-state index in [1.807, 2.05) is 0 Å². The lowest BCUT2D eigenvalue weighted by molar-refractivity contribution is -0.141. The number of carbonyl (C=O) groups is 1. The van der Waals surface area contributed by atoms with Crippen molar-refractivity contribution in [3.63, 3.8) is 0 Å². The molecule has 2 unspecified atom stereocenters. The van der Waals surface area contributed by atoms with Crippen LogP contribution in [0.4, 0.5) is 13.6 Å². The van der Waals surface area contributed by atoms with Crippen LogP contribution in [0.3, 0.4) is 0 Å². The molecule has 1 aromatic carbocycles. The summed E-state index contributed by atoms with van der Waals surface area (Å²) in [5, 5.41) is 11.2. The second kappa shape index (κ2) is 6.78. The van der Waals surface area contributed by atoms with E-state index in [4.69, 9.17) is 9.47 Å². The highest BCUT2D eigenvalue weighted by Crippen LogP contribution is 2.44. The number of morpholine rings is 1. The van der Waals surface area contributed by atoms with Crippen molar-refractivity contribution in [2.24, 2.45) is 0 Å². The Bertz CT molecular complexity index is 660. The molecule has 2 heterocycles. The van der Waals surface area contributed by atoms with Gasteiger partial charge in [0.25, 0.3) is 6.43 Å². The molecule has 5 nitrogen and oxygen atoms in total. The zero-order valence-corrected chi connectivity index (χ0v) is 15.2. The van der Waals surface area contributed by atoms with Crippen molar-refractivity contribution in [2.45, 2.75) is 63.3 Å². The minimum atomic E-state index is -2.67. The van der Waals surface area contributed by atoms with Gasteiger partial charge in [0.1, 0.15) is 5.60 Å². The summed E-state index contributed by atoms with van der Waals surface area (Å²) >= 11 is 0. The Balaban J connectivity index is 1.89. The van der Waals surface area contributed by atoms with Crippen molar-refractivity contribution >= 4 is 6.09 Å². The molecule has 2 atom stereocenters. The van der Waals surface area contributed by atoms with Gasteiger partial charge in [-0.25, -0.2) is 13.6 Å². The standard InChI is InChI=1S/C19H25F2NO4/c1-18(2,3)26-17(23)22-12-8-19(24,9-13(22)11-25-10-12)15-7-5-4-6-14(15)16(20)21/h4-7,12-13,16,24H,8-11H2,1-3H3. The van der Waals surface area contributed by atoms with Crippen molar-refractivity contribution in [3.05, 3.63) is 35.4 Å². The van der Waals surface area contributed by atoms with Crippen molar-refractivity contribution in [2.75, 3.05) is 13.2 Å². The van der Waals surface area contributed by atoms with Gasteiger partial charge in [-0.05, 0) is 26.3 Å². The van der Waals surface area contributed by atoms with E-state index in [2.05, 4.69) is 0 Å². The van der Waals surface area contributed by atoms with Gasteiger partial charge in [-0.3, -0.25) is 4.90 Å². The fourth-order valence-corrected chi connectivity index (χ4v) is 3.92. The summed E-state index contributed by atoms with van der Waals surface area (Å²) in [6, 6.07) is 5.21. The third kappa shape index (κ3) is 3.69. The Hall–Kier alpha value is -1.73. The highest BCUT2D eigenvalue weighted by molar-refractivity contribution is 5.69. The van der Waals surface area contributed by atoms with Crippen LogP contribution in [0.15, 0.2) is 24.3 Å². The van der Waals surface area contributed by atoms with Gasteiger partial charge in [0.2, 0.25) is 0 Å². The number of ether oxygens (including phenoxy) is 2. The average Bonchev–Trinajstić information content (AvgIpc) is 2.52. The molecule has 2 bridgehead atoms. The molecule has 26 heavy (non-hydrogen) atoms. The van der Waals surface area contributed by atoms with Crippen LogP contribution >= 0.6 is 0 Å². The number of carbonyl (C=O) groups excluding carboxylic acids is 1. The predicted octanol–water partition coefficient (Wildman–Crippen LogP) is 3.61. The first kappa shape index (κ1) is 19.0. The SMILES string of the molecule is CC(C)(C)OC(=O)N1C2COCC1CC(O)(c1ccccc1C(F)F)C2. The molecule has 2 fully saturated rings. The summed E-state index contributed by atoms with van der Waals surface area (Å²) in [6.45, 7) is 5.85. The van der Waals surface area contributed by atoms with Crippen LogP contribution < -0.4 is 0 Å². The van der Waals surface area contributed by atoms with Gasteiger partial charge in [-0.2, -0.15) is 0 Å². The molecule has 0 saturated carbocycles. The molecule has 0 aliphatic carbocycles. The highest BCUT2D eigenvalue weighted by atomic mass is 19.3. The maximum Gasteiger partial charge on any atom is 0.410 e. The molecule has 2 aliphatic rings. The lowest BCUT2D eigenvalue weighted by Gasteiger charge is -2.51. The van der Waals surface area contributed by atoms with Crippen LogP contribution in [0.2, 0.25) is 0 Å². The van der Waals surface area contributed by atoms with Crippen molar-refractivity contribution in [1.82, 2.24) is 4.90 Å². The summed E-state index contributed by atoms with van der Waals surface area (Å²) < 4.78 is 37.9. The summed E-state index contributed by atoms with van der Waals surface area (Å²) in [5.74, 6) is 0. The Morgan fingerprint density at radius 1 is 1.27 bits per heavy atom. The quantitative estimate of drug-likeness (QED) is 0.865. The molecule has 2 saturated heterocycles. The number of hydrogen-bond acceptors (Lipinski definition) is 4. The molecule has 0 spiro atoms. The maximum atomic E-state index is 13.4. The zero-order valence-electron chi connectivity index (χ0n) is 15.2. The average molecular weight is 369 g/mol. The lowest BCUT2D eigenvalue weighted by atomic mass is 9.75. The Labute approximate surface area is 151 Å². The topological polar surface area (TPSA) is 59.0 Å². The summed E-state index contributed by atoms with van der Waals surface area (Å²) in [7, 11) is 0. The second-order valence-corrected chi connectivity index (χ2v) is 8.06. The Morgan fingerprint density at radius 3 is 2.38 bits per heavy atom. The number of benzene rings is 1. The number of piperidine rings is 1. The van der Waals surface area contributed by atoms with Gasteiger partial charge >= 0.3 is 6.09 Å². The third-order valence-electron chi connectivity index (χ3n) is 4.86. The van der Waals surface area contributed by atoms with E-state index in [-0.39, 0.29) is 37.2 Å². The van der Waals surface area contributed by atoms with Crippen LogP contribution in [-0.2, 0) is 15.1 Å². The van der Waals surface area contributed by atoms with E-state index in [1.165, 1.54) is 12.1 Å². The van der Waals surface area contributed by atoms with Gasteiger partial charge in [0.05, 0.1) is 30.9 Å². The Morgan fingerprint density at radius 2 is 1.85 bits per heavy atom. The van der Waals surface area contributed by atoms with Gasteiger partial charge in [0.15, 0.2) is 0 Å². The molecule has 144 valence electrons. The monoisotopic (exact) mass is 369 g/mol. The molecule has 3 rings (SSSR count).